The van der Waals surface area contributed by atoms with E-state index in [0.717, 1.165) is 25.9 Å². The van der Waals surface area contributed by atoms with Gasteiger partial charge in [0, 0.05) is 0 Å². The molecule has 1 aliphatic rings. The second-order valence-corrected chi connectivity index (χ2v) is 4.22. The van der Waals surface area contributed by atoms with Crippen molar-refractivity contribution in [1.29, 1.82) is 5.26 Å². The molecule has 0 aromatic carbocycles. The van der Waals surface area contributed by atoms with Crippen molar-refractivity contribution < 1.29 is 14.7 Å². The largest absolute Gasteiger partial charge is 0.480 e. The first kappa shape index (κ1) is 13.5. The molecule has 1 rings (SSSR count). The molecule has 0 bridgehead atoms. The van der Waals surface area contributed by atoms with Crippen LogP contribution < -0.4 is 10.6 Å². The van der Waals surface area contributed by atoms with E-state index >= 15 is 0 Å². The van der Waals surface area contributed by atoms with Gasteiger partial charge in [-0.2, -0.15) is 5.26 Å². The van der Waals surface area contributed by atoms with E-state index in [1.165, 1.54) is 0 Å². The van der Waals surface area contributed by atoms with E-state index in [0.29, 0.717) is 12.3 Å². The number of piperidine rings is 1. The summed E-state index contributed by atoms with van der Waals surface area (Å²) in [4.78, 5) is 22.2. The lowest BCUT2D eigenvalue weighted by molar-refractivity contribution is -0.142. The smallest absolute Gasteiger partial charge is 0.326 e. The van der Waals surface area contributed by atoms with Gasteiger partial charge in [0.05, 0.1) is 6.07 Å². The molecule has 1 heterocycles. The number of nitriles is 1. The molecular weight excluding hydrogens is 222 g/mol. The maximum Gasteiger partial charge on any atom is 0.326 e. The van der Waals surface area contributed by atoms with Crippen LogP contribution in [0.4, 0.5) is 0 Å². The van der Waals surface area contributed by atoms with E-state index in [4.69, 9.17) is 10.4 Å². The summed E-state index contributed by atoms with van der Waals surface area (Å²) in [5, 5.41) is 22.9. The number of carbonyl (C=O) groups excluding carboxylic acids is 1. The van der Waals surface area contributed by atoms with E-state index in [2.05, 4.69) is 10.6 Å². The van der Waals surface area contributed by atoms with Crippen molar-refractivity contribution in [2.45, 2.75) is 31.7 Å². The zero-order chi connectivity index (χ0) is 12.7. The molecule has 94 valence electrons. The third-order valence-electron chi connectivity index (χ3n) is 2.90. The fourth-order valence-electron chi connectivity index (χ4n) is 1.99. The number of carboxylic acid groups (broad SMARTS) is 1. The Balaban J connectivity index is 2.45. The van der Waals surface area contributed by atoms with Crippen LogP contribution in [0.3, 0.4) is 0 Å². The molecule has 1 saturated heterocycles. The Morgan fingerprint density at radius 3 is 2.65 bits per heavy atom. The molecule has 6 heteroatoms. The van der Waals surface area contributed by atoms with Crippen molar-refractivity contribution in [2.24, 2.45) is 5.92 Å². The summed E-state index contributed by atoms with van der Waals surface area (Å²) in [7, 11) is 0. The van der Waals surface area contributed by atoms with Gasteiger partial charge in [-0.1, -0.05) is 0 Å². The maximum atomic E-state index is 11.2. The predicted molar refractivity (Wildman–Crippen MR) is 60.0 cm³/mol. The zero-order valence-corrected chi connectivity index (χ0v) is 9.61. The van der Waals surface area contributed by atoms with E-state index in [1.54, 1.807) is 6.07 Å². The summed E-state index contributed by atoms with van der Waals surface area (Å²) in [5.74, 6) is -1.23. The summed E-state index contributed by atoms with van der Waals surface area (Å²) in [6.07, 6.45) is 2.00. The molecule has 3 N–H and O–H groups in total. The van der Waals surface area contributed by atoms with Crippen molar-refractivity contribution in [3.8, 4) is 6.07 Å². The Kier molecular flexibility index (Phi) is 5.43. The van der Waals surface area contributed by atoms with Gasteiger partial charge in [0.15, 0.2) is 0 Å². The number of nitrogens with one attached hydrogen (secondary N) is 2. The number of rotatable bonds is 5. The number of aliphatic carboxylic acids is 1. The van der Waals surface area contributed by atoms with E-state index in [-0.39, 0.29) is 6.42 Å². The normalized spacial score (nSPS) is 18.1. The highest BCUT2D eigenvalue weighted by atomic mass is 16.4. The summed E-state index contributed by atoms with van der Waals surface area (Å²) < 4.78 is 0. The van der Waals surface area contributed by atoms with Gasteiger partial charge in [-0.05, 0) is 38.3 Å². The quantitative estimate of drug-likeness (QED) is 0.619. The van der Waals surface area contributed by atoms with Gasteiger partial charge >= 0.3 is 5.97 Å². The maximum absolute atomic E-state index is 11.2. The van der Waals surface area contributed by atoms with Gasteiger partial charge in [-0.15, -0.1) is 0 Å². The van der Waals surface area contributed by atoms with Crippen LogP contribution in [-0.4, -0.2) is 36.1 Å². The minimum atomic E-state index is -1.03. The number of carboxylic acids is 1. The van der Waals surface area contributed by atoms with Crippen LogP contribution in [0.15, 0.2) is 0 Å². The van der Waals surface area contributed by atoms with E-state index in [9.17, 15) is 9.59 Å². The summed E-state index contributed by atoms with van der Waals surface area (Å²) in [6.45, 7) is 1.78. The average Bonchev–Trinajstić information content (AvgIpc) is 2.29. The molecule has 1 atom stereocenters. The third kappa shape index (κ3) is 4.83. The second kappa shape index (κ2) is 6.86. The average molecular weight is 239 g/mol. The van der Waals surface area contributed by atoms with Crippen LogP contribution in [0.2, 0.25) is 0 Å². The Bertz CT molecular complexity index is 318. The standard InChI is InChI=1S/C11H17N3O3/c12-4-1-10(15)14-9(11(16)17)7-8-2-5-13-6-3-8/h8-9,13H,1-3,5-7H2,(H,14,15)(H,16,17). The Labute approximate surface area is 100.0 Å². The lowest BCUT2D eigenvalue weighted by Gasteiger charge is -2.25. The number of hydrogen-bond donors (Lipinski definition) is 3. The molecule has 6 nitrogen and oxygen atoms in total. The molecule has 0 aliphatic carbocycles. The van der Waals surface area contributed by atoms with E-state index in [1.807, 2.05) is 0 Å². The Morgan fingerprint density at radius 1 is 1.47 bits per heavy atom. The third-order valence-corrected chi connectivity index (χ3v) is 2.90. The fourth-order valence-corrected chi connectivity index (χ4v) is 1.99. The number of nitrogens with zero attached hydrogens (tertiary/aromatic N) is 1. The van der Waals surface area contributed by atoms with Crippen molar-refractivity contribution in [1.82, 2.24) is 10.6 Å². The number of hydrogen-bond acceptors (Lipinski definition) is 4. The van der Waals surface area contributed by atoms with Gasteiger partial charge in [0.25, 0.3) is 0 Å². The van der Waals surface area contributed by atoms with Crippen LogP contribution in [0, 0.1) is 17.2 Å². The summed E-state index contributed by atoms with van der Waals surface area (Å²) in [5.41, 5.74) is 0. The van der Waals surface area contributed by atoms with Crippen LogP contribution in [0.1, 0.15) is 25.7 Å². The number of amides is 1. The van der Waals surface area contributed by atoms with Gasteiger partial charge in [-0.3, -0.25) is 4.79 Å². The first-order chi connectivity index (χ1) is 8.13. The summed E-state index contributed by atoms with van der Waals surface area (Å²) in [6, 6.07) is 0.824. The second-order valence-electron chi connectivity index (χ2n) is 4.22. The molecule has 17 heavy (non-hydrogen) atoms. The number of carbonyl (C=O) groups is 2. The predicted octanol–water partition coefficient (Wildman–Crippen LogP) is -0.141. The van der Waals surface area contributed by atoms with Crippen LogP contribution >= 0.6 is 0 Å². The highest BCUT2D eigenvalue weighted by molar-refractivity contribution is 5.84. The Morgan fingerprint density at radius 2 is 2.12 bits per heavy atom. The van der Waals surface area contributed by atoms with Crippen molar-refractivity contribution in [3.05, 3.63) is 0 Å². The van der Waals surface area contributed by atoms with Gasteiger partial charge in [-0.25, -0.2) is 4.79 Å². The zero-order valence-electron chi connectivity index (χ0n) is 9.61. The van der Waals surface area contributed by atoms with Gasteiger partial charge in [0.2, 0.25) is 5.91 Å². The molecule has 1 amide bonds. The van der Waals surface area contributed by atoms with Crippen LogP contribution in [0.25, 0.3) is 0 Å². The van der Waals surface area contributed by atoms with E-state index < -0.39 is 17.9 Å². The van der Waals surface area contributed by atoms with Crippen LogP contribution in [-0.2, 0) is 9.59 Å². The minimum Gasteiger partial charge on any atom is -0.480 e. The molecule has 0 radical (unpaired) electrons. The summed E-state index contributed by atoms with van der Waals surface area (Å²) >= 11 is 0. The molecule has 0 spiro atoms. The molecular formula is C11H17N3O3. The van der Waals surface area contributed by atoms with Gasteiger partial charge in [0.1, 0.15) is 12.5 Å². The first-order valence-corrected chi connectivity index (χ1v) is 5.73. The highest BCUT2D eigenvalue weighted by Crippen LogP contribution is 2.18. The highest BCUT2D eigenvalue weighted by Gasteiger charge is 2.25. The van der Waals surface area contributed by atoms with Crippen molar-refractivity contribution in [3.63, 3.8) is 0 Å². The molecule has 1 aliphatic heterocycles. The topological polar surface area (TPSA) is 102 Å². The molecule has 0 aromatic rings. The SMILES string of the molecule is N#CCC(=O)NC(CC1CCNCC1)C(=O)O. The fraction of sp³-hybridized carbons (Fsp3) is 0.727. The van der Waals surface area contributed by atoms with Crippen molar-refractivity contribution in [2.75, 3.05) is 13.1 Å². The first-order valence-electron chi connectivity index (χ1n) is 5.73. The Hall–Kier alpha value is -1.61. The molecule has 1 fully saturated rings. The molecule has 0 saturated carbocycles. The lowest BCUT2D eigenvalue weighted by Crippen LogP contribution is -2.43. The monoisotopic (exact) mass is 239 g/mol. The van der Waals surface area contributed by atoms with Gasteiger partial charge < -0.3 is 15.7 Å². The lowest BCUT2D eigenvalue weighted by atomic mass is 9.91. The minimum absolute atomic E-state index is 0.296. The molecule has 0 aromatic heterocycles. The molecule has 1 unspecified atom stereocenters. The van der Waals surface area contributed by atoms with Crippen LogP contribution in [0.5, 0.6) is 0 Å². The van der Waals surface area contributed by atoms with Crippen molar-refractivity contribution >= 4 is 11.9 Å².